The third-order valence-corrected chi connectivity index (χ3v) is 4.64. The summed E-state index contributed by atoms with van der Waals surface area (Å²) in [5.41, 5.74) is 0.940. The molecule has 5 heteroatoms. The number of nitrogens with one attached hydrogen (secondary N) is 1. The van der Waals surface area contributed by atoms with E-state index in [2.05, 4.69) is 32.7 Å². The van der Waals surface area contributed by atoms with Gasteiger partial charge in [-0.15, -0.1) is 11.3 Å². The van der Waals surface area contributed by atoms with Crippen molar-refractivity contribution in [1.82, 2.24) is 10.3 Å². The summed E-state index contributed by atoms with van der Waals surface area (Å²) in [5.74, 6) is 0.610. The SMILES string of the molecule is CN(CCc1cccs1)c1ncc(F)cc1CNC1CC1. The van der Waals surface area contributed by atoms with Gasteiger partial charge in [0.2, 0.25) is 0 Å². The smallest absolute Gasteiger partial charge is 0.141 e. The number of pyridine rings is 1. The predicted molar refractivity (Wildman–Crippen MR) is 85.3 cm³/mol. The van der Waals surface area contributed by atoms with Crippen molar-refractivity contribution in [3.8, 4) is 0 Å². The monoisotopic (exact) mass is 305 g/mol. The maximum atomic E-state index is 13.5. The molecule has 1 fully saturated rings. The lowest BCUT2D eigenvalue weighted by Gasteiger charge is -2.21. The quantitative estimate of drug-likeness (QED) is 0.851. The highest BCUT2D eigenvalue weighted by Crippen LogP contribution is 2.22. The normalized spacial score (nSPS) is 14.4. The van der Waals surface area contributed by atoms with Crippen LogP contribution in [-0.2, 0) is 13.0 Å². The topological polar surface area (TPSA) is 28.2 Å². The molecule has 0 unspecified atom stereocenters. The number of thiophene rings is 1. The molecule has 1 N–H and O–H groups in total. The molecule has 21 heavy (non-hydrogen) atoms. The van der Waals surface area contributed by atoms with Crippen LogP contribution >= 0.6 is 11.3 Å². The Morgan fingerprint density at radius 3 is 3.05 bits per heavy atom. The zero-order valence-corrected chi connectivity index (χ0v) is 13.0. The molecule has 1 aliphatic rings. The third kappa shape index (κ3) is 4.02. The van der Waals surface area contributed by atoms with Gasteiger partial charge in [-0.2, -0.15) is 0 Å². The molecule has 2 heterocycles. The average Bonchev–Trinajstić information content (AvgIpc) is 3.16. The highest BCUT2D eigenvalue weighted by atomic mass is 32.1. The van der Waals surface area contributed by atoms with E-state index in [1.54, 1.807) is 17.4 Å². The maximum absolute atomic E-state index is 13.5. The highest BCUT2D eigenvalue weighted by Gasteiger charge is 2.21. The lowest BCUT2D eigenvalue weighted by Crippen LogP contribution is -2.25. The number of rotatable bonds is 7. The van der Waals surface area contributed by atoms with E-state index in [1.165, 1.54) is 23.9 Å². The summed E-state index contributed by atoms with van der Waals surface area (Å²) in [6.45, 7) is 1.57. The molecule has 0 atom stereocenters. The average molecular weight is 305 g/mol. The van der Waals surface area contributed by atoms with Crippen LogP contribution in [0.1, 0.15) is 23.3 Å². The summed E-state index contributed by atoms with van der Waals surface area (Å²) >= 11 is 1.77. The number of likely N-dealkylation sites (N-methyl/N-ethyl adjacent to an activating group) is 1. The second-order valence-corrected chi connectivity index (χ2v) is 6.57. The molecule has 1 saturated carbocycles. The number of aromatic nitrogens is 1. The first-order chi connectivity index (χ1) is 10.2. The fourth-order valence-corrected chi connectivity index (χ4v) is 3.03. The second kappa shape index (κ2) is 6.54. The molecule has 0 amide bonds. The van der Waals surface area contributed by atoms with E-state index in [9.17, 15) is 4.39 Å². The molecule has 2 aromatic heterocycles. The first kappa shape index (κ1) is 14.5. The summed E-state index contributed by atoms with van der Waals surface area (Å²) in [4.78, 5) is 7.77. The number of hydrogen-bond donors (Lipinski definition) is 1. The first-order valence-corrected chi connectivity index (χ1v) is 8.21. The Labute approximate surface area is 128 Å². The van der Waals surface area contributed by atoms with E-state index in [0.29, 0.717) is 12.6 Å². The Morgan fingerprint density at radius 2 is 2.33 bits per heavy atom. The third-order valence-electron chi connectivity index (χ3n) is 3.70. The maximum Gasteiger partial charge on any atom is 0.141 e. The molecule has 112 valence electrons. The Kier molecular flexibility index (Phi) is 4.51. The molecule has 0 aromatic carbocycles. The van der Waals surface area contributed by atoms with Crippen LogP contribution in [-0.4, -0.2) is 24.6 Å². The second-order valence-electron chi connectivity index (χ2n) is 5.54. The summed E-state index contributed by atoms with van der Waals surface area (Å²) < 4.78 is 13.5. The van der Waals surface area contributed by atoms with Gasteiger partial charge in [-0.1, -0.05) is 6.07 Å². The zero-order chi connectivity index (χ0) is 14.7. The Balaban J connectivity index is 1.66. The van der Waals surface area contributed by atoms with E-state index in [4.69, 9.17) is 0 Å². The highest BCUT2D eigenvalue weighted by molar-refractivity contribution is 7.09. The van der Waals surface area contributed by atoms with Crippen molar-refractivity contribution >= 4 is 17.2 Å². The molecule has 3 nitrogen and oxygen atoms in total. The molecular formula is C16H20FN3S. The summed E-state index contributed by atoms with van der Waals surface area (Å²) in [7, 11) is 2.02. The van der Waals surface area contributed by atoms with Crippen molar-refractivity contribution < 1.29 is 4.39 Å². The van der Waals surface area contributed by atoms with Gasteiger partial charge in [0.15, 0.2) is 0 Å². The van der Waals surface area contributed by atoms with Gasteiger partial charge in [0, 0.05) is 36.6 Å². The lowest BCUT2D eigenvalue weighted by molar-refractivity contribution is 0.611. The fourth-order valence-electron chi connectivity index (χ4n) is 2.33. The number of hydrogen-bond acceptors (Lipinski definition) is 4. The van der Waals surface area contributed by atoms with Crippen molar-refractivity contribution in [2.45, 2.75) is 31.8 Å². The Morgan fingerprint density at radius 1 is 1.48 bits per heavy atom. The van der Waals surface area contributed by atoms with Crippen LogP contribution in [0.15, 0.2) is 29.8 Å². The molecule has 1 aliphatic carbocycles. The van der Waals surface area contributed by atoms with Crippen LogP contribution in [0.5, 0.6) is 0 Å². The van der Waals surface area contributed by atoms with Gasteiger partial charge in [0.1, 0.15) is 11.6 Å². The van der Waals surface area contributed by atoms with Crippen LogP contribution in [0.25, 0.3) is 0 Å². The van der Waals surface area contributed by atoms with Crippen molar-refractivity contribution in [2.75, 3.05) is 18.5 Å². The largest absolute Gasteiger partial charge is 0.359 e. The molecule has 0 bridgehead atoms. The van der Waals surface area contributed by atoms with E-state index in [-0.39, 0.29) is 5.82 Å². The van der Waals surface area contributed by atoms with Gasteiger partial charge >= 0.3 is 0 Å². The Hall–Kier alpha value is -1.46. The van der Waals surface area contributed by atoms with Crippen LogP contribution in [0.3, 0.4) is 0 Å². The van der Waals surface area contributed by atoms with Crippen molar-refractivity contribution in [3.05, 3.63) is 46.0 Å². The summed E-state index contributed by atoms with van der Waals surface area (Å²) in [6.07, 6.45) is 4.75. The molecule has 2 aromatic rings. The van der Waals surface area contributed by atoms with Crippen LogP contribution in [0, 0.1) is 5.82 Å². The summed E-state index contributed by atoms with van der Waals surface area (Å²) in [5, 5.41) is 5.53. The van der Waals surface area contributed by atoms with Gasteiger partial charge < -0.3 is 10.2 Å². The van der Waals surface area contributed by atoms with Crippen LogP contribution in [0.2, 0.25) is 0 Å². The van der Waals surface area contributed by atoms with Gasteiger partial charge in [0.25, 0.3) is 0 Å². The molecule has 3 rings (SSSR count). The van der Waals surface area contributed by atoms with E-state index < -0.39 is 0 Å². The van der Waals surface area contributed by atoms with Crippen molar-refractivity contribution in [3.63, 3.8) is 0 Å². The van der Waals surface area contributed by atoms with Gasteiger partial charge in [-0.05, 0) is 36.8 Å². The lowest BCUT2D eigenvalue weighted by atomic mass is 10.2. The van der Waals surface area contributed by atoms with Gasteiger partial charge in [0.05, 0.1) is 6.20 Å². The molecule has 0 aliphatic heterocycles. The molecule has 0 radical (unpaired) electrons. The van der Waals surface area contributed by atoms with Crippen molar-refractivity contribution in [2.24, 2.45) is 0 Å². The minimum atomic E-state index is -0.266. The minimum absolute atomic E-state index is 0.266. The number of nitrogens with zero attached hydrogens (tertiary/aromatic N) is 2. The summed E-state index contributed by atoms with van der Waals surface area (Å²) in [6, 6.07) is 6.42. The fraction of sp³-hybridized carbons (Fsp3) is 0.438. The van der Waals surface area contributed by atoms with Gasteiger partial charge in [-0.25, -0.2) is 9.37 Å². The first-order valence-electron chi connectivity index (χ1n) is 7.33. The molecular weight excluding hydrogens is 285 g/mol. The minimum Gasteiger partial charge on any atom is -0.359 e. The Bertz CT molecular complexity index is 581. The standard InChI is InChI=1S/C16H20FN3S/c1-20(7-6-15-3-2-8-21-15)16-12(9-13(17)11-19-16)10-18-14-4-5-14/h2-3,8-9,11,14,18H,4-7,10H2,1H3. The predicted octanol–water partition coefficient (Wildman–Crippen LogP) is 3.21. The van der Waals surface area contributed by atoms with Crippen LogP contribution < -0.4 is 10.2 Å². The van der Waals surface area contributed by atoms with Crippen LogP contribution in [0.4, 0.5) is 10.2 Å². The van der Waals surface area contributed by atoms with E-state index >= 15 is 0 Å². The molecule has 0 spiro atoms. The van der Waals surface area contributed by atoms with E-state index in [1.807, 2.05) is 7.05 Å². The van der Waals surface area contributed by atoms with E-state index in [0.717, 1.165) is 24.3 Å². The number of anilines is 1. The van der Waals surface area contributed by atoms with Crippen molar-refractivity contribution in [1.29, 1.82) is 0 Å². The zero-order valence-electron chi connectivity index (χ0n) is 12.2. The molecule has 0 saturated heterocycles. The number of halogens is 1. The van der Waals surface area contributed by atoms with Gasteiger partial charge in [-0.3, -0.25) is 0 Å².